The topological polar surface area (TPSA) is 115 Å². The highest BCUT2D eigenvalue weighted by Gasteiger charge is 2.18. The molecular formula is C30H24BrN5O4. The molecule has 3 aromatic heterocycles. The first kappa shape index (κ1) is 26.8. The molecular weight excluding hydrogens is 574 g/mol. The van der Waals surface area contributed by atoms with Crippen molar-refractivity contribution < 1.29 is 14.3 Å². The third-order valence-corrected chi connectivity index (χ3v) is 6.47. The number of nitrogens with one attached hydrogen (secondary N) is 2. The molecule has 0 bridgehead atoms. The van der Waals surface area contributed by atoms with E-state index in [1.165, 1.54) is 10.8 Å². The number of hydrogen-bond acceptors (Lipinski definition) is 6. The van der Waals surface area contributed by atoms with Gasteiger partial charge in [0.2, 0.25) is 0 Å². The molecule has 2 amide bonds. The molecule has 0 aliphatic heterocycles. The first-order valence-electron chi connectivity index (χ1n) is 12.5. The summed E-state index contributed by atoms with van der Waals surface area (Å²) in [4.78, 5) is 47.4. The van der Waals surface area contributed by atoms with E-state index in [1.54, 1.807) is 72.9 Å². The highest BCUT2D eigenvalue weighted by molar-refractivity contribution is 9.10. The van der Waals surface area contributed by atoms with E-state index in [0.717, 1.165) is 10.9 Å². The largest absolute Gasteiger partial charge is 0.457 e. The number of halogens is 1. The minimum Gasteiger partial charge on any atom is -0.457 e. The average molecular weight is 598 g/mol. The molecule has 0 saturated carbocycles. The zero-order chi connectivity index (χ0) is 28.1. The zero-order valence-corrected chi connectivity index (χ0v) is 23.0. The van der Waals surface area contributed by atoms with Crippen LogP contribution in [0.1, 0.15) is 34.2 Å². The van der Waals surface area contributed by atoms with Crippen molar-refractivity contribution in [1.82, 2.24) is 19.9 Å². The lowest BCUT2D eigenvalue weighted by molar-refractivity contribution is 0.0947. The van der Waals surface area contributed by atoms with Gasteiger partial charge in [-0.1, -0.05) is 22.9 Å². The number of anilines is 1. The summed E-state index contributed by atoms with van der Waals surface area (Å²) in [7, 11) is 0. The number of aromatic nitrogens is 3. The molecule has 5 rings (SSSR count). The maximum atomic E-state index is 13.5. The molecule has 200 valence electrons. The van der Waals surface area contributed by atoms with Gasteiger partial charge >= 0.3 is 0 Å². The summed E-state index contributed by atoms with van der Waals surface area (Å²) in [6.45, 7) is 2.53. The Hall–Kier alpha value is -4.83. The van der Waals surface area contributed by atoms with Crippen molar-refractivity contribution in [3.05, 3.63) is 117 Å². The van der Waals surface area contributed by atoms with Crippen molar-refractivity contribution in [2.45, 2.75) is 13.3 Å². The number of nitrogens with zero attached hydrogens (tertiary/aromatic N) is 3. The minimum absolute atomic E-state index is 0.0191. The summed E-state index contributed by atoms with van der Waals surface area (Å²) in [5, 5.41) is 6.22. The van der Waals surface area contributed by atoms with Gasteiger partial charge in [0.05, 0.1) is 5.69 Å². The van der Waals surface area contributed by atoms with Crippen molar-refractivity contribution >= 4 is 44.5 Å². The molecule has 0 spiro atoms. The summed E-state index contributed by atoms with van der Waals surface area (Å²) in [5.74, 6) is 0.131. The summed E-state index contributed by atoms with van der Waals surface area (Å²) in [6, 6.07) is 22.2. The van der Waals surface area contributed by atoms with E-state index < -0.39 is 11.5 Å². The summed E-state index contributed by atoms with van der Waals surface area (Å²) < 4.78 is 8.16. The van der Waals surface area contributed by atoms with Gasteiger partial charge in [-0.2, -0.15) is 0 Å². The fourth-order valence-corrected chi connectivity index (χ4v) is 4.27. The lowest BCUT2D eigenvalue weighted by Crippen LogP contribution is -2.29. The molecule has 10 heteroatoms. The van der Waals surface area contributed by atoms with Gasteiger partial charge in [0.1, 0.15) is 28.4 Å². The Morgan fingerprint density at radius 2 is 1.68 bits per heavy atom. The Balaban J connectivity index is 1.36. The highest BCUT2D eigenvalue weighted by atomic mass is 79.9. The summed E-state index contributed by atoms with van der Waals surface area (Å²) >= 11 is 3.41. The number of hydrogen-bond donors (Lipinski definition) is 2. The maximum Gasteiger partial charge on any atom is 0.270 e. The van der Waals surface area contributed by atoms with Crippen molar-refractivity contribution in [2.24, 2.45) is 0 Å². The second-order valence-electron chi connectivity index (χ2n) is 8.80. The molecule has 0 atom stereocenters. The average Bonchev–Trinajstić information content (AvgIpc) is 2.97. The molecule has 0 radical (unpaired) electrons. The lowest BCUT2D eigenvalue weighted by Gasteiger charge is -2.13. The van der Waals surface area contributed by atoms with Crippen LogP contribution in [0.2, 0.25) is 0 Å². The predicted molar refractivity (Wildman–Crippen MR) is 156 cm³/mol. The van der Waals surface area contributed by atoms with E-state index in [9.17, 15) is 14.4 Å². The van der Waals surface area contributed by atoms with Crippen LogP contribution in [0.5, 0.6) is 11.5 Å². The van der Waals surface area contributed by atoms with Gasteiger partial charge in [-0.3, -0.25) is 23.9 Å². The molecule has 0 aliphatic rings. The molecule has 0 saturated heterocycles. The third kappa shape index (κ3) is 5.92. The monoisotopic (exact) mass is 597 g/mol. The van der Waals surface area contributed by atoms with Crippen LogP contribution in [0.3, 0.4) is 0 Å². The number of ether oxygens (including phenoxy) is 1. The van der Waals surface area contributed by atoms with Crippen molar-refractivity contribution in [1.29, 1.82) is 0 Å². The van der Waals surface area contributed by atoms with Crippen LogP contribution in [0.25, 0.3) is 16.7 Å². The van der Waals surface area contributed by atoms with E-state index >= 15 is 0 Å². The number of pyridine rings is 3. The molecule has 3 heterocycles. The fourth-order valence-electron chi connectivity index (χ4n) is 4.00. The number of amides is 2. The molecule has 0 aliphatic carbocycles. The Labute approximate surface area is 238 Å². The van der Waals surface area contributed by atoms with Crippen molar-refractivity contribution in [3.63, 3.8) is 0 Å². The van der Waals surface area contributed by atoms with Crippen LogP contribution >= 0.6 is 15.9 Å². The molecule has 0 unspecified atom stereocenters. The first-order valence-corrected chi connectivity index (χ1v) is 13.3. The van der Waals surface area contributed by atoms with E-state index in [2.05, 4.69) is 36.5 Å². The van der Waals surface area contributed by atoms with Crippen LogP contribution in [0.15, 0.2) is 101 Å². The highest BCUT2D eigenvalue weighted by Crippen LogP contribution is 2.24. The van der Waals surface area contributed by atoms with Gasteiger partial charge in [-0.05, 0) is 79.2 Å². The number of carbonyl (C=O) groups is 2. The molecule has 9 nitrogen and oxygen atoms in total. The number of benzene rings is 2. The Morgan fingerprint density at radius 1 is 0.900 bits per heavy atom. The van der Waals surface area contributed by atoms with Crippen LogP contribution in [-0.4, -0.2) is 32.9 Å². The van der Waals surface area contributed by atoms with Gasteiger partial charge in [0.15, 0.2) is 0 Å². The zero-order valence-electron chi connectivity index (χ0n) is 21.4. The Kier molecular flexibility index (Phi) is 7.97. The number of carbonyl (C=O) groups excluding carboxylic acids is 2. The summed E-state index contributed by atoms with van der Waals surface area (Å²) in [5.41, 5.74) is 1.28. The van der Waals surface area contributed by atoms with E-state index in [-0.39, 0.29) is 17.2 Å². The SMILES string of the molecule is CCCNC(=O)c1cc(Oc2ccc(NC(=O)c3cc4cccnc4n(-c4ccc(Br)cc4)c3=O)cc2)ccn1. The second kappa shape index (κ2) is 11.9. The number of fused-ring (bicyclic) bond motifs is 1. The molecule has 40 heavy (non-hydrogen) atoms. The summed E-state index contributed by atoms with van der Waals surface area (Å²) in [6.07, 6.45) is 3.93. The van der Waals surface area contributed by atoms with Crippen LogP contribution in [-0.2, 0) is 0 Å². The first-order chi connectivity index (χ1) is 19.4. The lowest BCUT2D eigenvalue weighted by atomic mass is 10.1. The molecule has 2 aromatic carbocycles. The van der Waals surface area contributed by atoms with E-state index in [0.29, 0.717) is 40.5 Å². The van der Waals surface area contributed by atoms with Crippen molar-refractivity contribution in [3.8, 4) is 17.2 Å². The quantitative estimate of drug-likeness (QED) is 0.236. The number of rotatable bonds is 8. The second-order valence-corrected chi connectivity index (χ2v) is 9.72. The molecule has 5 aromatic rings. The van der Waals surface area contributed by atoms with Gasteiger partial charge in [-0.25, -0.2) is 4.98 Å². The third-order valence-electron chi connectivity index (χ3n) is 5.94. The molecule has 0 fully saturated rings. The maximum absolute atomic E-state index is 13.5. The van der Waals surface area contributed by atoms with Crippen molar-refractivity contribution in [2.75, 3.05) is 11.9 Å². The predicted octanol–water partition coefficient (Wildman–Crippen LogP) is 5.73. The van der Waals surface area contributed by atoms with Crippen LogP contribution in [0, 0.1) is 0 Å². The normalized spacial score (nSPS) is 10.8. The van der Waals surface area contributed by atoms with E-state index in [4.69, 9.17) is 4.74 Å². The van der Waals surface area contributed by atoms with Crippen LogP contribution < -0.4 is 20.9 Å². The smallest absolute Gasteiger partial charge is 0.270 e. The van der Waals surface area contributed by atoms with E-state index in [1.807, 2.05) is 19.1 Å². The minimum atomic E-state index is -0.549. The Bertz CT molecular complexity index is 1750. The van der Waals surface area contributed by atoms with Crippen LogP contribution in [0.4, 0.5) is 5.69 Å². The fraction of sp³-hybridized carbons (Fsp3) is 0.100. The van der Waals surface area contributed by atoms with Gasteiger partial charge in [-0.15, -0.1) is 0 Å². The van der Waals surface area contributed by atoms with Gasteiger partial charge in [0.25, 0.3) is 17.4 Å². The molecule has 2 N–H and O–H groups in total. The van der Waals surface area contributed by atoms with Gasteiger partial charge < -0.3 is 15.4 Å². The Morgan fingerprint density at radius 3 is 2.42 bits per heavy atom. The van der Waals surface area contributed by atoms with Gasteiger partial charge in [0, 0.05) is 40.6 Å². The standard InChI is InChI=1S/C30H24BrN5O4/c1-2-14-34-29(38)26-18-24(13-16-32-26)40-23-11-7-21(8-12-23)35-28(37)25-17-19-4-3-15-33-27(19)36(30(25)39)22-9-5-20(31)6-10-22/h3-13,15-18H,2,14H2,1H3,(H,34,38)(H,35,37).